The van der Waals surface area contributed by atoms with Crippen LogP contribution in [0.4, 0.5) is 5.00 Å². The third kappa shape index (κ3) is 5.91. The van der Waals surface area contributed by atoms with Crippen LogP contribution in [0.25, 0.3) is 11.4 Å². The highest BCUT2D eigenvalue weighted by atomic mass is 35.5. The van der Waals surface area contributed by atoms with Crippen molar-refractivity contribution in [1.29, 1.82) is 5.26 Å². The Morgan fingerprint density at radius 1 is 1.41 bits per heavy atom. The minimum atomic E-state index is -0.190. The first-order chi connectivity index (χ1) is 17.7. The Morgan fingerprint density at radius 3 is 2.86 bits per heavy atom. The third-order valence-corrected chi connectivity index (χ3v) is 9.86. The Hall–Kier alpha value is -2.31. The fraction of sp³-hybridized carbons (Fsp3) is 0.407. The van der Waals surface area contributed by atoms with E-state index < -0.39 is 0 Å². The molecule has 0 fully saturated rings. The van der Waals surface area contributed by atoms with Gasteiger partial charge in [0.2, 0.25) is 5.91 Å². The van der Waals surface area contributed by atoms with Crippen molar-refractivity contribution in [1.82, 2.24) is 14.8 Å². The van der Waals surface area contributed by atoms with Crippen LogP contribution in [0.1, 0.15) is 49.6 Å². The van der Waals surface area contributed by atoms with Crippen LogP contribution in [0.15, 0.2) is 36.0 Å². The van der Waals surface area contributed by atoms with E-state index in [1.54, 1.807) is 35.6 Å². The molecule has 4 rings (SSSR count). The fourth-order valence-electron chi connectivity index (χ4n) is 4.60. The number of nitriles is 1. The predicted octanol–water partition coefficient (Wildman–Crippen LogP) is 7.64. The zero-order valence-electron chi connectivity index (χ0n) is 21.1. The van der Waals surface area contributed by atoms with Crippen LogP contribution in [0.2, 0.25) is 10.0 Å². The lowest BCUT2D eigenvalue weighted by atomic mass is 9.69. The van der Waals surface area contributed by atoms with Gasteiger partial charge in [-0.15, -0.1) is 28.1 Å². The number of nitrogens with one attached hydrogen (secondary N) is 1. The summed E-state index contributed by atoms with van der Waals surface area (Å²) in [6, 6.07) is 7.53. The quantitative estimate of drug-likeness (QED) is 0.210. The summed E-state index contributed by atoms with van der Waals surface area (Å²) in [6.07, 6.45) is 5.77. The standard InChI is InChI=1S/C27H29Cl2N5OS2/c1-5-11-34-24(19-10-8-17(28)13-21(19)29)32-33-26(34)36-15-23(35)31-25-20(14-30)18-9-7-16(12-22(18)37-25)27(3,4)6-2/h5,8,10,13,16H,1,6-7,9,11-12,15H2,2-4H3,(H,31,35). The largest absolute Gasteiger partial charge is 0.316 e. The number of fused-ring (bicyclic) bond motifs is 1. The number of anilines is 1. The first kappa shape index (κ1) is 27.7. The van der Waals surface area contributed by atoms with E-state index in [0.29, 0.717) is 49.6 Å². The molecule has 1 N–H and O–H groups in total. The molecule has 37 heavy (non-hydrogen) atoms. The summed E-state index contributed by atoms with van der Waals surface area (Å²) in [7, 11) is 0. The molecule has 2 heterocycles. The lowest BCUT2D eigenvalue weighted by Gasteiger charge is -2.36. The predicted molar refractivity (Wildman–Crippen MR) is 154 cm³/mol. The summed E-state index contributed by atoms with van der Waals surface area (Å²) in [5.74, 6) is 1.09. The zero-order valence-corrected chi connectivity index (χ0v) is 24.3. The molecule has 1 aromatic carbocycles. The van der Waals surface area contributed by atoms with Crippen molar-refractivity contribution in [3.63, 3.8) is 0 Å². The number of rotatable bonds is 9. The van der Waals surface area contributed by atoms with E-state index in [2.05, 4.69) is 48.9 Å². The van der Waals surface area contributed by atoms with Crippen LogP contribution in [0.5, 0.6) is 0 Å². The van der Waals surface area contributed by atoms with Gasteiger partial charge in [-0.3, -0.25) is 9.36 Å². The monoisotopic (exact) mass is 573 g/mol. The number of benzene rings is 1. The van der Waals surface area contributed by atoms with Gasteiger partial charge >= 0.3 is 0 Å². The summed E-state index contributed by atoms with van der Waals surface area (Å²) >= 11 is 15.3. The molecule has 0 aliphatic heterocycles. The highest BCUT2D eigenvalue weighted by Gasteiger charge is 2.34. The van der Waals surface area contributed by atoms with E-state index in [9.17, 15) is 10.1 Å². The summed E-state index contributed by atoms with van der Waals surface area (Å²) in [5, 5.41) is 23.7. The van der Waals surface area contributed by atoms with Gasteiger partial charge in [0.05, 0.1) is 16.3 Å². The van der Waals surface area contributed by atoms with Crippen LogP contribution in [-0.4, -0.2) is 26.4 Å². The van der Waals surface area contributed by atoms with Crippen molar-refractivity contribution >= 4 is 57.2 Å². The van der Waals surface area contributed by atoms with Crippen molar-refractivity contribution in [2.24, 2.45) is 11.3 Å². The molecular weight excluding hydrogens is 545 g/mol. The number of thioether (sulfide) groups is 1. The summed E-state index contributed by atoms with van der Waals surface area (Å²) < 4.78 is 1.86. The molecule has 1 aliphatic rings. The van der Waals surface area contributed by atoms with Gasteiger partial charge in [0.15, 0.2) is 11.0 Å². The van der Waals surface area contributed by atoms with Crippen molar-refractivity contribution in [3.05, 3.63) is 56.9 Å². The van der Waals surface area contributed by atoms with Crippen LogP contribution in [0.3, 0.4) is 0 Å². The first-order valence-corrected chi connectivity index (χ1v) is 14.7. The topological polar surface area (TPSA) is 83.6 Å². The Labute approximate surface area is 236 Å². The van der Waals surface area contributed by atoms with E-state index in [-0.39, 0.29) is 17.1 Å². The maximum absolute atomic E-state index is 12.9. The molecule has 0 spiro atoms. The third-order valence-electron chi connectivity index (χ3n) is 7.18. The van der Waals surface area contributed by atoms with Gasteiger partial charge in [-0.25, -0.2) is 0 Å². The average Bonchev–Trinajstić information content (AvgIpc) is 3.42. The minimum absolute atomic E-state index is 0.128. The molecule has 0 saturated carbocycles. The molecule has 194 valence electrons. The second-order valence-corrected chi connectivity index (χ2v) is 12.7. The summed E-state index contributed by atoms with van der Waals surface area (Å²) in [5.41, 5.74) is 2.67. The van der Waals surface area contributed by atoms with Crippen LogP contribution in [-0.2, 0) is 24.2 Å². The van der Waals surface area contributed by atoms with Gasteiger partial charge in [-0.05, 0) is 54.4 Å². The van der Waals surface area contributed by atoms with Crippen LogP contribution in [0, 0.1) is 22.7 Å². The van der Waals surface area contributed by atoms with Gasteiger partial charge in [-0.2, -0.15) is 5.26 Å². The summed E-state index contributed by atoms with van der Waals surface area (Å²) in [6.45, 7) is 11.2. The van der Waals surface area contributed by atoms with Crippen LogP contribution >= 0.6 is 46.3 Å². The van der Waals surface area contributed by atoms with Crippen molar-refractivity contribution in [2.75, 3.05) is 11.1 Å². The molecule has 1 atom stereocenters. The number of aromatic nitrogens is 3. The lowest BCUT2D eigenvalue weighted by Crippen LogP contribution is -2.28. The molecule has 0 saturated heterocycles. The molecule has 2 aromatic heterocycles. The molecule has 1 unspecified atom stereocenters. The SMILES string of the molecule is C=CCn1c(SCC(=O)Nc2sc3c(c2C#N)CCC(C(C)(C)CC)C3)nnc1-c1ccc(Cl)cc1Cl. The van der Waals surface area contributed by atoms with Crippen LogP contribution < -0.4 is 5.32 Å². The van der Waals surface area contributed by atoms with E-state index in [1.807, 2.05) is 4.57 Å². The van der Waals surface area contributed by atoms with E-state index in [0.717, 1.165) is 31.2 Å². The minimum Gasteiger partial charge on any atom is -0.316 e. The Bertz CT molecular complexity index is 1370. The number of carbonyl (C=O) groups is 1. The Balaban J connectivity index is 1.48. The number of hydrogen-bond donors (Lipinski definition) is 1. The van der Waals surface area contributed by atoms with Crippen molar-refractivity contribution in [3.8, 4) is 17.5 Å². The fourth-order valence-corrected chi connectivity index (χ4v) is 7.13. The smallest absolute Gasteiger partial charge is 0.235 e. The second-order valence-electron chi connectivity index (χ2n) is 9.77. The average molecular weight is 575 g/mol. The van der Waals surface area contributed by atoms with E-state index in [4.69, 9.17) is 23.2 Å². The molecular formula is C27H29Cl2N5OS2. The summed E-state index contributed by atoms with van der Waals surface area (Å²) in [4.78, 5) is 14.2. The number of hydrogen-bond acceptors (Lipinski definition) is 6. The van der Waals surface area contributed by atoms with E-state index in [1.165, 1.54) is 16.6 Å². The maximum atomic E-state index is 12.9. The molecule has 1 amide bonds. The van der Waals surface area contributed by atoms with Crippen molar-refractivity contribution < 1.29 is 4.79 Å². The van der Waals surface area contributed by atoms with Gasteiger partial charge in [0.25, 0.3) is 0 Å². The Morgan fingerprint density at radius 2 is 2.19 bits per heavy atom. The number of carbonyl (C=O) groups excluding carboxylic acids is 1. The Kier molecular flexibility index (Phi) is 8.70. The highest BCUT2D eigenvalue weighted by Crippen LogP contribution is 2.45. The first-order valence-electron chi connectivity index (χ1n) is 12.1. The number of allylic oxidation sites excluding steroid dienone is 1. The normalized spacial score (nSPS) is 15.2. The maximum Gasteiger partial charge on any atom is 0.235 e. The number of halogens is 2. The molecule has 3 aromatic rings. The van der Waals surface area contributed by atoms with Crippen molar-refractivity contribution in [2.45, 2.75) is 58.2 Å². The highest BCUT2D eigenvalue weighted by molar-refractivity contribution is 7.99. The number of nitrogens with zero attached hydrogens (tertiary/aromatic N) is 4. The molecule has 0 bridgehead atoms. The molecule has 0 radical (unpaired) electrons. The lowest BCUT2D eigenvalue weighted by molar-refractivity contribution is -0.113. The van der Waals surface area contributed by atoms with Gasteiger partial charge in [0.1, 0.15) is 11.1 Å². The zero-order chi connectivity index (χ0) is 26.7. The molecule has 6 nitrogen and oxygen atoms in total. The van der Waals surface area contributed by atoms with Gasteiger partial charge in [-0.1, -0.05) is 68.2 Å². The van der Waals surface area contributed by atoms with E-state index >= 15 is 0 Å². The molecule has 1 aliphatic carbocycles. The molecule has 10 heteroatoms. The number of amides is 1. The van der Waals surface area contributed by atoms with Gasteiger partial charge < -0.3 is 5.32 Å². The number of thiophene rings is 1. The second kappa shape index (κ2) is 11.6. The van der Waals surface area contributed by atoms with Gasteiger partial charge in [0, 0.05) is 22.0 Å².